The number of aromatic nitrogens is 1. The van der Waals surface area contributed by atoms with Crippen molar-refractivity contribution in [1.82, 2.24) is 9.29 Å². The predicted octanol–water partition coefficient (Wildman–Crippen LogP) is 1.64. The molecule has 0 unspecified atom stereocenters. The maximum atomic E-state index is 11.6. The fraction of sp³-hybridized carbons (Fsp3) is 0.286. The number of nitrogens with zero attached hydrogens (tertiary/aromatic N) is 2. The molecule has 0 saturated heterocycles. The Morgan fingerprint density at radius 2 is 1.93 bits per heavy atom. The molecule has 0 bridgehead atoms. The minimum atomic E-state index is -3.49. The summed E-state index contributed by atoms with van der Waals surface area (Å²) < 4.78 is 24.2. The SMILES string of the molecule is CN(C)S(=O)(=O)c1cnc(Cl)c(Cl)c1. The topological polar surface area (TPSA) is 50.3 Å². The normalized spacial score (nSPS) is 12.1. The number of halogens is 2. The summed E-state index contributed by atoms with van der Waals surface area (Å²) in [7, 11) is -0.632. The Kier molecular flexibility index (Phi) is 3.36. The van der Waals surface area contributed by atoms with E-state index < -0.39 is 10.0 Å². The average Bonchev–Trinajstić information content (AvgIpc) is 2.09. The van der Waals surface area contributed by atoms with E-state index in [1.807, 2.05) is 0 Å². The molecule has 0 aliphatic heterocycles. The van der Waals surface area contributed by atoms with Gasteiger partial charge in [0.15, 0.2) is 0 Å². The van der Waals surface area contributed by atoms with Crippen LogP contribution in [-0.2, 0) is 10.0 Å². The second kappa shape index (κ2) is 4.02. The van der Waals surface area contributed by atoms with Crippen molar-refractivity contribution in [2.45, 2.75) is 4.90 Å². The largest absolute Gasteiger partial charge is 0.244 e. The summed E-state index contributed by atoms with van der Waals surface area (Å²) in [5, 5.41) is 0.207. The highest BCUT2D eigenvalue weighted by Gasteiger charge is 2.18. The summed E-state index contributed by atoms with van der Waals surface area (Å²) in [5.74, 6) is 0. The molecule has 0 atom stereocenters. The Labute approximate surface area is 92.5 Å². The van der Waals surface area contributed by atoms with E-state index in [0.29, 0.717) is 0 Å². The predicted molar refractivity (Wildman–Crippen MR) is 55.1 cm³/mol. The van der Waals surface area contributed by atoms with Crippen LogP contribution in [0.1, 0.15) is 0 Å². The van der Waals surface area contributed by atoms with Crippen molar-refractivity contribution in [3.8, 4) is 0 Å². The van der Waals surface area contributed by atoms with Crippen LogP contribution in [0.3, 0.4) is 0 Å². The van der Waals surface area contributed by atoms with Gasteiger partial charge in [-0.3, -0.25) is 0 Å². The van der Waals surface area contributed by atoms with Gasteiger partial charge in [-0.15, -0.1) is 0 Å². The van der Waals surface area contributed by atoms with Crippen LogP contribution in [0.25, 0.3) is 0 Å². The van der Waals surface area contributed by atoms with Crippen molar-refractivity contribution in [3.05, 3.63) is 22.4 Å². The van der Waals surface area contributed by atoms with Crippen molar-refractivity contribution < 1.29 is 8.42 Å². The lowest BCUT2D eigenvalue weighted by molar-refractivity contribution is 0.520. The van der Waals surface area contributed by atoms with Gasteiger partial charge in [-0.05, 0) is 6.07 Å². The molecule has 78 valence electrons. The minimum absolute atomic E-state index is 0.0249. The maximum Gasteiger partial charge on any atom is 0.244 e. The van der Waals surface area contributed by atoms with Crippen LogP contribution in [0.2, 0.25) is 10.2 Å². The molecule has 0 aliphatic carbocycles. The quantitative estimate of drug-likeness (QED) is 0.755. The molecule has 0 amide bonds. The molecule has 1 aromatic heterocycles. The highest BCUT2D eigenvalue weighted by Crippen LogP contribution is 2.23. The molecule has 0 spiro atoms. The van der Waals surface area contributed by atoms with E-state index in [1.54, 1.807) is 0 Å². The summed E-state index contributed by atoms with van der Waals surface area (Å²) in [6.45, 7) is 0. The van der Waals surface area contributed by atoms with Crippen molar-refractivity contribution in [2.75, 3.05) is 14.1 Å². The Bertz CT molecular complexity index is 445. The Balaban J connectivity index is 3.29. The molecule has 0 radical (unpaired) electrons. The molecule has 4 nitrogen and oxygen atoms in total. The van der Waals surface area contributed by atoms with Crippen LogP contribution < -0.4 is 0 Å². The van der Waals surface area contributed by atoms with E-state index in [9.17, 15) is 8.42 Å². The molecule has 1 heterocycles. The van der Waals surface area contributed by atoms with Gasteiger partial charge in [-0.2, -0.15) is 0 Å². The van der Waals surface area contributed by atoms with Gasteiger partial charge in [0, 0.05) is 20.3 Å². The molecule has 0 aliphatic rings. The van der Waals surface area contributed by atoms with Gasteiger partial charge >= 0.3 is 0 Å². The first-order valence-electron chi connectivity index (χ1n) is 3.59. The van der Waals surface area contributed by atoms with E-state index >= 15 is 0 Å². The summed E-state index contributed by atoms with van der Waals surface area (Å²) in [5.41, 5.74) is 0. The van der Waals surface area contributed by atoms with Crippen LogP contribution in [0.5, 0.6) is 0 Å². The number of hydrogen-bond donors (Lipinski definition) is 0. The molecule has 1 rings (SSSR count). The van der Waals surface area contributed by atoms with Crippen LogP contribution in [0.15, 0.2) is 17.2 Å². The number of sulfonamides is 1. The standard InChI is InChI=1S/C7H8Cl2N2O2S/c1-11(2)14(12,13)5-3-6(8)7(9)10-4-5/h3-4H,1-2H3. The summed E-state index contributed by atoms with van der Waals surface area (Å²) >= 11 is 11.2. The molecule has 14 heavy (non-hydrogen) atoms. The summed E-state index contributed by atoms with van der Waals surface area (Å²) in [6, 6.07) is 1.27. The molecule has 0 aromatic carbocycles. The average molecular weight is 255 g/mol. The van der Waals surface area contributed by atoms with Crippen LogP contribution in [0, 0.1) is 0 Å². The van der Waals surface area contributed by atoms with Gasteiger partial charge in [0.25, 0.3) is 0 Å². The van der Waals surface area contributed by atoms with Gasteiger partial charge in [0.2, 0.25) is 10.0 Å². The highest BCUT2D eigenvalue weighted by atomic mass is 35.5. The van der Waals surface area contributed by atoms with E-state index in [0.717, 1.165) is 4.31 Å². The first kappa shape index (κ1) is 11.7. The van der Waals surface area contributed by atoms with E-state index in [-0.39, 0.29) is 15.1 Å². The van der Waals surface area contributed by atoms with Gasteiger partial charge in [-0.1, -0.05) is 23.2 Å². The maximum absolute atomic E-state index is 11.6. The Morgan fingerprint density at radius 3 is 2.36 bits per heavy atom. The minimum Gasteiger partial charge on any atom is -0.242 e. The molecule has 0 fully saturated rings. The summed E-state index contributed by atoms with van der Waals surface area (Å²) in [4.78, 5) is 3.68. The molecular formula is C7H8Cl2N2O2S. The summed E-state index contributed by atoms with van der Waals surface area (Å²) in [6.07, 6.45) is 1.17. The smallest absolute Gasteiger partial charge is 0.242 e. The molecule has 0 saturated carbocycles. The molecule has 0 N–H and O–H groups in total. The first-order chi connectivity index (χ1) is 6.35. The van der Waals surface area contributed by atoms with Gasteiger partial charge in [-0.25, -0.2) is 17.7 Å². The van der Waals surface area contributed by atoms with Gasteiger partial charge in [0.1, 0.15) is 10.0 Å². The molecular weight excluding hydrogens is 247 g/mol. The van der Waals surface area contributed by atoms with Crippen LogP contribution in [-0.4, -0.2) is 31.8 Å². The molecule has 1 aromatic rings. The fourth-order valence-electron chi connectivity index (χ4n) is 0.756. The van der Waals surface area contributed by atoms with E-state index in [4.69, 9.17) is 23.2 Å². The van der Waals surface area contributed by atoms with Crippen molar-refractivity contribution in [1.29, 1.82) is 0 Å². The second-order valence-electron chi connectivity index (χ2n) is 2.73. The zero-order chi connectivity index (χ0) is 10.9. The third kappa shape index (κ3) is 2.17. The van der Waals surface area contributed by atoms with Crippen LogP contribution >= 0.6 is 23.2 Å². The zero-order valence-electron chi connectivity index (χ0n) is 7.53. The third-order valence-electron chi connectivity index (χ3n) is 1.55. The fourth-order valence-corrected chi connectivity index (χ4v) is 1.96. The lowest BCUT2D eigenvalue weighted by Gasteiger charge is -2.10. The molecule has 7 heteroatoms. The van der Waals surface area contributed by atoms with Crippen LogP contribution in [0.4, 0.5) is 0 Å². The van der Waals surface area contributed by atoms with E-state index in [1.165, 1.54) is 26.4 Å². The van der Waals surface area contributed by atoms with Crippen molar-refractivity contribution in [3.63, 3.8) is 0 Å². The lowest BCUT2D eigenvalue weighted by atomic mass is 10.5. The lowest BCUT2D eigenvalue weighted by Crippen LogP contribution is -2.22. The van der Waals surface area contributed by atoms with E-state index in [2.05, 4.69) is 4.98 Å². The number of rotatable bonds is 2. The first-order valence-corrected chi connectivity index (χ1v) is 5.79. The van der Waals surface area contributed by atoms with Gasteiger partial charge < -0.3 is 0 Å². The highest BCUT2D eigenvalue weighted by molar-refractivity contribution is 7.89. The Morgan fingerprint density at radius 1 is 1.36 bits per heavy atom. The zero-order valence-corrected chi connectivity index (χ0v) is 9.86. The van der Waals surface area contributed by atoms with Gasteiger partial charge in [0.05, 0.1) is 5.02 Å². The number of pyridine rings is 1. The number of hydrogen-bond acceptors (Lipinski definition) is 3. The second-order valence-corrected chi connectivity index (χ2v) is 5.65. The van der Waals surface area contributed by atoms with Crippen molar-refractivity contribution in [2.24, 2.45) is 0 Å². The monoisotopic (exact) mass is 254 g/mol. The third-order valence-corrected chi connectivity index (χ3v) is 4.02. The Hall–Kier alpha value is -0.360. The van der Waals surface area contributed by atoms with Crippen molar-refractivity contribution >= 4 is 33.2 Å².